The van der Waals surface area contributed by atoms with Crippen molar-refractivity contribution in [2.75, 3.05) is 12.4 Å². The summed E-state index contributed by atoms with van der Waals surface area (Å²) in [6.07, 6.45) is 0.427. The zero-order valence-corrected chi connectivity index (χ0v) is 10.4. The van der Waals surface area contributed by atoms with Crippen LogP contribution in [0.2, 0.25) is 0 Å². The number of ether oxygens (including phenoxy) is 1. The van der Waals surface area contributed by atoms with Gasteiger partial charge in [0, 0.05) is 18.1 Å². The van der Waals surface area contributed by atoms with Gasteiger partial charge in [0.15, 0.2) is 5.82 Å². The highest BCUT2D eigenvalue weighted by molar-refractivity contribution is 5.90. The fraction of sp³-hybridized carbons (Fsp3) is 0.231. The number of rotatable bonds is 4. The Kier molecular flexibility index (Phi) is 3.62. The maximum Gasteiger partial charge on any atom is 0.225 e. The molecule has 0 bridgehead atoms. The van der Waals surface area contributed by atoms with Crippen molar-refractivity contribution in [1.29, 1.82) is 0 Å². The number of methoxy groups -OCH3 is 1. The van der Waals surface area contributed by atoms with Crippen LogP contribution in [0.5, 0.6) is 5.75 Å². The minimum atomic E-state index is -0.0620. The molecule has 18 heavy (non-hydrogen) atoms. The summed E-state index contributed by atoms with van der Waals surface area (Å²) in [5.74, 6) is 1.21. The van der Waals surface area contributed by atoms with E-state index in [1.54, 1.807) is 20.1 Å². The Hall–Kier alpha value is -2.30. The van der Waals surface area contributed by atoms with Gasteiger partial charge in [-0.05, 0) is 12.1 Å². The van der Waals surface area contributed by atoms with E-state index in [4.69, 9.17) is 4.74 Å². The first-order valence-corrected chi connectivity index (χ1v) is 5.73. The molecule has 2 rings (SSSR count). The third-order valence-corrected chi connectivity index (χ3v) is 2.56. The quantitative estimate of drug-likeness (QED) is 0.869. The summed E-state index contributed by atoms with van der Waals surface area (Å²) >= 11 is 0. The Labute approximate surface area is 105 Å². The van der Waals surface area contributed by atoms with Crippen molar-refractivity contribution in [3.8, 4) is 17.0 Å². The van der Waals surface area contributed by atoms with Gasteiger partial charge in [-0.1, -0.05) is 19.1 Å². The summed E-state index contributed by atoms with van der Waals surface area (Å²) in [5, 5.41) is 9.62. The van der Waals surface area contributed by atoms with Crippen molar-refractivity contribution < 1.29 is 9.53 Å². The van der Waals surface area contributed by atoms with Gasteiger partial charge in [0.05, 0.1) is 12.8 Å². The molecule has 0 unspecified atom stereocenters. The van der Waals surface area contributed by atoms with Gasteiger partial charge in [-0.25, -0.2) is 0 Å². The summed E-state index contributed by atoms with van der Waals surface area (Å²) in [6, 6.07) is 9.41. The van der Waals surface area contributed by atoms with E-state index < -0.39 is 0 Å². The number of carbonyl (C=O) groups excluding carboxylic acids is 1. The van der Waals surface area contributed by atoms with E-state index in [9.17, 15) is 4.79 Å². The second-order valence-electron chi connectivity index (χ2n) is 3.77. The van der Waals surface area contributed by atoms with Gasteiger partial charge in [-0.15, -0.1) is 0 Å². The zero-order valence-electron chi connectivity index (χ0n) is 10.4. The molecule has 2 N–H and O–H groups in total. The number of aromatic nitrogens is 2. The number of nitrogens with zero attached hydrogens (tertiary/aromatic N) is 1. The lowest BCUT2D eigenvalue weighted by Gasteiger charge is -2.04. The van der Waals surface area contributed by atoms with E-state index in [2.05, 4.69) is 15.5 Å². The minimum Gasteiger partial charge on any atom is -0.496 e. The molecule has 0 aliphatic carbocycles. The van der Waals surface area contributed by atoms with E-state index in [1.807, 2.05) is 24.3 Å². The van der Waals surface area contributed by atoms with Crippen molar-refractivity contribution in [1.82, 2.24) is 10.2 Å². The molecule has 1 aromatic heterocycles. The fourth-order valence-corrected chi connectivity index (χ4v) is 1.62. The molecule has 0 saturated heterocycles. The zero-order chi connectivity index (χ0) is 13.0. The summed E-state index contributed by atoms with van der Waals surface area (Å²) in [6.45, 7) is 1.79. The van der Waals surface area contributed by atoms with Crippen molar-refractivity contribution in [3.05, 3.63) is 30.3 Å². The first-order chi connectivity index (χ1) is 8.74. The lowest BCUT2D eigenvalue weighted by molar-refractivity contribution is -0.115. The van der Waals surface area contributed by atoms with Crippen LogP contribution in [-0.2, 0) is 4.79 Å². The van der Waals surface area contributed by atoms with Gasteiger partial charge < -0.3 is 10.1 Å². The largest absolute Gasteiger partial charge is 0.496 e. The second-order valence-corrected chi connectivity index (χ2v) is 3.77. The number of nitrogens with one attached hydrogen (secondary N) is 2. The van der Waals surface area contributed by atoms with Gasteiger partial charge in [-0.2, -0.15) is 5.10 Å². The van der Waals surface area contributed by atoms with Crippen molar-refractivity contribution in [2.24, 2.45) is 0 Å². The smallest absolute Gasteiger partial charge is 0.225 e. The standard InChI is InChI=1S/C13H15N3O2/c1-3-13(17)14-12-8-10(15-16-12)9-6-4-5-7-11(9)18-2/h4-8H,3H2,1-2H3,(H2,14,15,16,17). The van der Waals surface area contributed by atoms with Crippen molar-refractivity contribution >= 4 is 11.7 Å². The number of amides is 1. The summed E-state index contributed by atoms with van der Waals surface area (Å²) < 4.78 is 5.28. The lowest BCUT2D eigenvalue weighted by atomic mass is 10.1. The maximum atomic E-state index is 11.3. The van der Waals surface area contributed by atoms with E-state index in [1.165, 1.54) is 0 Å². The number of hydrogen-bond donors (Lipinski definition) is 2. The molecule has 0 radical (unpaired) electrons. The number of hydrogen-bond acceptors (Lipinski definition) is 3. The van der Waals surface area contributed by atoms with E-state index in [0.29, 0.717) is 12.2 Å². The summed E-state index contributed by atoms with van der Waals surface area (Å²) in [4.78, 5) is 11.3. The third-order valence-electron chi connectivity index (χ3n) is 2.56. The van der Waals surface area contributed by atoms with E-state index in [0.717, 1.165) is 17.0 Å². The van der Waals surface area contributed by atoms with Crippen molar-refractivity contribution in [3.63, 3.8) is 0 Å². The van der Waals surface area contributed by atoms with Crippen molar-refractivity contribution in [2.45, 2.75) is 13.3 Å². The van der Waals surface area contributed by atoms with Gasteiger partial charge in [0.2, 0.25) is 5.91 Å². The predicted molar refractivity (Wildman–Crippen MR) is 69.5 cm³/mol. The molecule has 0 fully saturated rings. The molecule has 0 aliphatic rings. The van der Waals surface area contributed by atoms with Crippen LogP contribution >= 0.6 is 0 Å². The van der Waals surface area contributed by atoms with Gasteiger partial charge >= 0.3 is 0 Å². The van der Waals surface area contributed by atoms with Crippen LogP contribution in [0.4, 0.5) is 5.82 Å². The average molecular weight is 245 g/mol. The highest BCUT2D eigenvalue weighted by atomic mass is 16.5. The van der Waals surface area contributed by atoms with Gasteiger partial charge in [0.25, 0.3) is 0 Å². The molecular weight excluding hydrogens is 230 g/mol. The normalized spacial score (nSPS) is 10.1. The SMILES string of the molecule is CCC(=O)Nc1cc(-c2ccccc2OC)[nH]n1. The molecular formula is C13H15N3O2. The topological polar surface area (TPSA) is 67.0 Å². The molecule has 0 aliphatic heterocycles. The Morgan fingerprint density at radius 3 is 2.94 bits per heavy atom. The highest BCUT2D eigenvalue weighted by Crippen LogP contribution is 2.29. The number of benzene rings is 1. The first-order valence-electron chi connectivity index (χ1n) is 5.73. The predicted octanol–water partition coefficient (Wildman–Crippen LogP) is 2.43. The van der Waals surface area contributed by atoms with Gasteiger partial charge in [0.1, 0.15) is 5.75 Å². The maximum absolute atomic E-state index is 11.3. The molecule has 1 heterocycles. The molecule has 5 nitrogen and oxygen atoms in total. The average Bonchev–Trinajstić information content (AvgIpc) is 2.86. The number of H-pyrrole nitrogens is 1. The van der Waals surface area contributed by atoms with Crippen LogP contribution in [0, 0.1) is 0 Å². The van der Waals surface area contributed by atoms with E-state index >= 15 is 0 Å². The van der Waals surface area contributed by atoms with Crippen LogP contribution in [0.1, 0.15) is 13.3 Å². The Bertz CT molecular complexity index is 549. The lowest BCUT2D eigenvalue weighted by Crippen LogP contribution is -2.09. The number of carbonyl (C=O) groups is 1. The van der Waals surface area contributed by atoms with Crippen LogP contribution in [0.15, 0.2) is 30.3 Å². The highest BCUT2D eigenvalue weighted by Gasteiger charge is 2.09. The van der Waals surface area contributed by atoms with E-state index in [-0.39, 0.29) is 5.91 Å². The van der Waals surface area contributed by atoms with Crippen LogP contribution in [0.3, 0.4) is 0 Å². The van der Waals surface area contributed by atoms with Gasteiger partial charge in [-0.3, -0.25) is 9.89 Å². The molecule has 0 spiro atoms. The molecule has 0 saturated carbocycles. The van der Waals surface area contributed by atoms with Crippen LogP contribution < -0.4 is 10.1 Å². The number of para-hydroxylation sites is 1. The molecule has 2 aromatic rings. The number of aromatic amines is 1. The summed E-state index contributed by atoms with van der Waals surface area (Å²) in [5.41, 5.74) is 1.71. The van der Waals surface area contributed by atoms with Crippen LogP contribution in [0.25, 0.3) is 11.3 Å². The Morgan fingerprint density at radius 2 is 2.22 bits per heavy atom. The summed E-state index contributed by atoms with van der Waals surface area (Å²) in [7, 11) is 1.62. The molecule has 5 heteroatoms. The minimum absolute atomic E-state index is 0.0620. The molecule has 1 amide bonds. The van der Waals surface area contributed by atoms with Crippen LogP contribution in [-0.4, -0.2) is 23.2 Å². The fourth-order valence-electron chi connectivity index (χ4n) is 1.62. The monoisotopic (exact) mass is 245 g/mol. The first kappa shape index (κ1) is 12.2. The Balaban J connectivity index is 2.26. The Morgan fingerprint density at radius 1 is 1.44 bits per heavy atom. The molecule has 0 atom stereocenters. The number of anilines is 1. The third kappa shape index (κ3) is 2.51. The second kappa shape index (κ2) is 5.35. The molecule has 1 aromatic carbocycles. The molecule has 94 valence electrons.